The maximum absolute atomic E-state index is 13.2. The molecule has 0 radical (unpaired) electrons. The van der Waals surface area contributed by atoms with E-state index in [2.05, 4.69) is 21.2 Å². The van der Waals surface area contributed by atoms with Gasteiger partial charge in [0.05, 0.1) is 0 Å². The molecule has 1 atom stereocenters. The third kappa shape index (κ3) is 3.85. The van der Waals surface area contributed by atoms with Gasteiger partial charge in [-0.15, -0.1) is 0 Å². The summed E-state index contributed by atoms with van der Waals surface area (Å²) in [6, 6.07) is 11.4. The van der Waals surface area contributed by atoms with E-state index in [1.54, 1.807) is 7.05 Å². The molecule has 0 aromatic heterocycles. The Kier molecular flexibility index (Phi) is 4.66. The van der Waals surface area contributed by atoms with Crippen LogP contribution in [-0.2, 0) is 6.42 Å². The monoisotopic (exact) mass is 325 g/mol. The van der Waals surface area contributed by atoms with Crippen molar-refractivity contribution in [1.29, 1.82) is 0 Å². The van der Waals surface area contributed by atoms with E-state index in [9.17, 15) is 8.78 Å². The van der Waals surface area contributed by atoms with Crippen molar-refractivity contribution >= 4 is 15.9 Å². The molecule has 2 aromatic carbocycles. The van der Waals surface area contributed by atoms with E-state index in [0.717, 1.165) is 16.1 Å². The first-order chi connectivity index (χ1) is 9.08. The molecule has 100 valence electrons. The first kappa shape index (κ1) is 14.2. The Bertz CT molecular complexity index is 534. The first-order valence-electron chi connectivity index (χ1n) is 5.96. The molecule has 0 saturated carbocycles. The molecule has 1 unspecified atom stereocenters. The molecule has 0 fully saturated rings. The topological polar surface area (TPSA) is 12.0 Å². The van der Waals surface area contributed by atoms with E-state index in [-0.39, 0.29) is 6.04 Å². The van der Waals surface area contributed by atoms with Gasteiger partial charge in [0.15, 0.2) is 0 Å². The van der Waals surface area contributed by atoms with Crippen LogP contribution in [0.25, 0.3) is 0 Å². The van der Waals surface area contributed by atoms with E-state index in [1.165, 1.54) is 12.1 Å². The summed E-state index contributed by atoms with van der Waals surface area (Å²) in [6.45, 7) is 0. The zero-order valence-corrected chi connectivity index (χ0v) is 12.0. The fraction of sp³-hybridized carbons (Fsp3) is 0.200. The molecular formula is C15H14BrF2N. The molecule has 1 nitrogen and oxygen atoms in total. The highest BCUT2D eigenvalue weighted by atomic mass is 79.9. The van der Waals surface area contributed by atoms with Crippen LogP contribution in [0.5, 0.6) is 0 Å². The lowest BCUT2D eigenvalue weighted by Gasteiger charge is -2.17. The maximum Gasteiger partial charge on any atom is 0.126 e. The fourth-order valence-corrected chi connectivity index (χ4v) is 2.28. The Labute approximate surface area is 119 Å². The van der Waals surface area contributed by atoms with Gasteiger partial charge in [-0.3, -0.25) is 0 Å². The molecule has 0 saturated heterocycles. The Morgan fingerprint density at radius 2 is 1.63 bits per heavy atom. The minimum Gasteiger partial charge on any atom is -0.313 e. The number of nitrogens with one attached hydrogen (secondary N) is 1. The molecular weight excluding hydrogens is 312 g/mol. The van der Waals surface area contributed by atoms with Gasteiger partial charge in [-0.2, -0.15) is 0 Å². The van der Waals surface area contributed by atoms with Crippen LogP contribution in [0.3, 0.4) is 0 Å². The normalized spacial score (nSPS) is 12.4. The molecule has 0 bridgehead atoms. The van der Waals surface area contributed by atoms with Crippen molar-refractivity contribution in [3.05, 3.63) is 69.7 Å². The van der Waals surface area contributed by atoms with Crippen molar-refractivity contribution in [2.75, 3.05) is 7.05 Å². The number of rotatable bonds is 4. The van der Waals surface area contributed by atoms with Crippen LogP contribution >= 0.6 is 15.9 Å². The summed E-state index contributed by atoms with van der Waals surface area (Å²) in [5.74, 6) is -1.10. The third-order valence-corrected chi connectivity index (χ3v) is 3.52. The molecule has 0 amide bonds. The van der Waals surface area contributed by atoms with E-state index < -0.39 is 11.6 Å². The number of hydrogen-bond donors (Lipinski definition) is 1. The Morgan fingerprint density at radius 3 is 2.16 bits per heavy atom. The predicted octanol–water partition coefficient (Wildman–Crippen LogP) is 4.23. The number of hydrogen-bond acceptors (Lipinski definition) is 1. The summed E-state index contributed by atoms with van der Waals surface area (Å²) in [5.41, 5.74) is 1.72. The lowest BCUT2D eigenvalue weighted by Crippen LogP contribution is -2.19. The van der Waals surface area contributed by atoms with Gasteiger partial charge in [-0.25, -0.2) is 8.78 Å². The van der Waals surface area contributed by atoms with Crippen LogP contribution in [0.4, 0.5) is 8.78 Å². The Morgan fingerprint density at radius 1 is 1.05 bits per heavy atom. The van der Waals surface area contributed by atoms with E-state index in [0.29, 0.717) is 12.0 Å². The van der Waals surface area contributed by atoms with Crippen LogP contribution in [0.1, 0.15) is 17.2 Å². The van der Waals surface area contributed by atoms with Crippen LogP contribution in [0.15, 0.2) is 46.9 Å². The van der Waals surface area contributed by atoms with Crippen molar-refractivity contribution in [2.24, 2.45) is 0 Å². The summed E-state index contributed by atoms with van der Waals surface area (Å²) >= 11 is 3.38. The Hall–Kier alpha value is -1.26. The summed E-state index contributed by atoms with van der Waals surface area (Å²) < 4.78 is 27.5. The second-order valence-corrected chi connectivity index (χ2v) is 5.29. The van der Waals surface area contributed by atoms with Crippen molar-refractivity contribution in [3.63, 3.8) is 0 Å². The molecule has 0 heterocycles. The van der Waals surface area contributed by atoms with Gasteiger partial charge in [0.2, 0.25) is 0 Å². The van der Waals surface area contributed by atoms with Crippen molar-refractivity contribution in [2.45, 2.75) is 12.5 Å². The molecule has 0 aliphatic rings. The maximum atomic E-state index is 13.2. The first-order valence-corrected chi connectivity index (χ1v) is 6.75. The standard InChI is InChI=1S/C15H14BrF2N/c1-19-15(6-10-2-4-12(16)5-3-10)11-7-13(17)9-14(18)8-11/h2-5,7-9,15,19H,6H2,1H3. The average molecular weight is 326 g/mol. The minimum atomic E-state index is -0.550. The predicted molar refractivity (Wildman–Crippen MR) is 76.0 cm³/mol. The summed E-state index contributed by atoms with van der Waals surface area (Å²) in [7, 11) is 1.78. The minimum absolute atomic E-state index is 0.119. The molecule has 4 heteroatoms. The van der Waals surface area contributed by atoms with Gasteiger partial charge in [0.1, 0.15) is 11.6 Å². The third-order valence-electron chi connectivity index (χ3n) is 2.99. The second kappa shape index (κ2) is 6.26. The summed E-state index contributed by atoms with van der Waals surface area (Å²) in [5, 5.41) is 3.09. The highest BCUT2D eigenvalue weighted by Gasteiger charge is 2.12. The second-order valence-electron chi connectivity index (χ2n) is 4.37. The van der Waals surface area contributed by atoms with Gasteiger partial charge in [0, 0.05) is 16.6 Å². The number of benzene rings is 2. The smallest absolute Gasteiger partial charge is 0.126 e. The quantitative estimate of drug-likeness (QED) is 0.887. The van der Waals surface area contributed by atoms with Gasteiger partial charge in [-0.1, -0.05) is 28.1 Å². The number of likely N-dealkylation sites (N-methyl/N-ethyl adjacent to an activating group) is 1. The molecule has 2 rings (SSSR count). The summed E-state index contributed by atoms with van der Waals surface area (Å²) in [6.07, 6.45) is 0.673. The van der Waals surface area contributed by atoms with Gasteiger partial charge < -0.3 is 5.32 Å². The highest BCUT2D eigenvalue weighted by Crippen LogP contribution is 2.21. The lowest BCUT2D eigenvalue weighted by molar-refractivity contribution is 0.551. The average Bonchev–Trinajstić information content (AvgIpc) is 2.37. The van der Waals surface area contributed by atoms with Crippen molar-refractivity contribution in [1.82, 2.24) is 5.32 Å². The van der Waals surface area contributed by atoms with Crippen LogP contribution < -0.4 is 5.32 Å². The lowest BCUT2D eigenvalue weighted by atomic mass is 9.99. The molecule has 0 aliphatic carbocycles. The largest absolute Gasteiger partial charge is 0.313 e. The van der Waals surface area contributed by atoms with Crippen LogP contribution in [0.2, 0.25) is 0 Å². The van der Waals surface area contributed by atoms with Crippen LogP contribution in [0, 0.1) is 11.6 Å². The van der Waals surface area contributed by atoms with E-state index in [1.807, 2.05) is 24.3 Å². The summed E-state index contributed by atoms with van der Waals surface area (Å²) in [4.78, 5) is 0. The molecule has 19 heavy (non-hydrogen) atoms. The molecule has 0 spiro atoms. The van der Waals surface area contributed by atoms with Crippen LogP contribution in [-0.4, -0.2) is 7.05 Å². The fourth-order valence-electron chi connectivity index (χ4n) is 2.02. The molecule has 0 aliphatic heterocycles. The van der Waals surface area contributed by atoms with Gasteiger partial charge in [0.25, 0.3) is 0 Å². The van der Waals surface area contributed by atoms with E-state index >= 15 is 0 Å². The zero-order valence-electron chi connectivity index (χ0n) is 10.5. The van der Waals surface area contributed by atoms with Gasteiger partial charge in [-0.05, 0) is 48.9 Å². The number of halogens is 3. The molecule has 1 N–H and O–H groups in total. The Balaban J connectivity index is 2.22. The highest BCUT2D eigenvalue weighted by molar-refractivity contribution is 9.10. The SMILES string of the molecule is CNC(Cc1ccc(Br)cc1)c1cc(F)cc(F)c1. The van der Waals surface area contributed by atoms with Gasteiger partial charge >= 0.3 is 0 Å². The van der Waals surface area contributed by atoms with Crippen molar-refractivity contribution in [3.8, 4) is 0 Å². The van der Waals surface area contributed by atoms with E-state index in [4.69, 9.17) is 0 Å². The zero-order chi connectivity index (χ0) is 13.8. The molecule has 2 aromatic rings. The van der Waals surface area contributed by atoms with Crippen molar-refractivity contribution < 1.29 is 8.78 Å².